The number of rotatable bonds is 6. The second kappa shape index (κ2) is 11.1. The van der Waals surface area contributed by atoms with Crippen LogP contribution < -0.4 is 10.6 Å². The molecule has 0 fully saturated rings. The fourth-order valence-electron chi connectivity index (χ4n) is 4.33. The van der Waals surface area contributed by atoms with Crippen LogP contribution in [-0.2, 0) is 24.1 Å². The maximum atomic E-state index is 6.20. The van der Waals surface area contributed by atoms with E-state index in [9.17, 15) is 0 Å². The average molecular weight is 524 g/mol. The largest absolute Gasteiger partial charge is 0.373 e. The van der Waals surface area contributed by atoms with Gasteiger partial charge >= 0.3 is 0 Å². The minimum atomic E-state index is 0. The predicted molar refractivity (Wildman–Crippen MR) is 129 cm³/mol. The number of hydrogen-bond donors (Lipinski definition) is 2. The molecule has 8 heteroatoms. The monoisotopic (exact) mass is 524 g/mol. The van der Waals surface area contributed by atoms with Crippen molar-refractivity contribution in [3.8, 4) is 0 Å². The van der Waals surface area contributed by atoms with Gasteiger partial charge in [0.2, 0.25) is 0 Å². The van der Waals surface area contributed by atoms with Crippen molar-refractivity contribution >= 4 is 29.9 Å². The van der Waals surface area contributed by atoms with Crippen molar-refractivity contribution < 1.29 is 4.74 Å². The summed E-state index contributed by atoms with van der Waals surface area (Å²) in [7, 11) is 1.82. The van der Waals surface area contributed by atoms with Gasteiger partial charge in [0.05, 0.1) is 12.6 Å². The molecule has 164 valence electrons. The molecule has 2 atom stereocenters. The SMILES string of the molecule is CN=C(NCCCOC1CCCc2ccccc21)NC1CCc2nc(C)nn2C1.I. The number of ether oxygens (including phenoxy) is 1. The summed E-state index contributed by atoms with van der Waals surface area (Å²) in [5.41, 5.74) is 2.83. The molecule has 1 aliphatic carbocycles. The average Bonchev–Trinajstić information content (AvgIpc) is 3.12. The van der Waals surface area contributed by atoms with Crippen molar-refractivity contribution in [3.63, 3.8) is 0 Å². The standard InChI is InChI=1S/C22H32N6O.HI/c1-16-25-21-12-11-18(15-28(21)27-16)26-22(23-2)24-13-6-14-29-20-10-5-8-17-7-3-4-9-19(17)20;/h3-4,7,9,18,20H,5-6,8,10-15H2,1-2H3,(H2,23,24,26);1H. The number of guanidine groups is 1. The first kappa shape index (κ1) is 23.0. The summed E-state index contributed by atoms with van der Waals surface area (Å²) in [4.78, 5) is 8.84. The van der Waals surface area contributed by atoms with Crippen molar-refractivity contribution in [1.82, 2.24) is 25.4 Å². The van der Waals surface area contributed by atoms with Gasteiger partial charge in [0.1, 0.15) is 11.6 Å². The van der Waals surface area contributed by atoms with Crippen molar-refractivity contribution in [3.05, 3.63) is 47.0 Å². The van der Waals surface area contributed by atoms with Gasteiger partial charge in [-0.25, -0.2) is 9.67 Å². The first-order valence-corrected chi connectivity index (χ1v) is 10.8. The topological polar surface area (TPSA) is 76.4 Å². The third-order valence-corrected chi connectivity index (χ3v) is 5.78. The van der Waals surface area contributed by atoms with Crippen LogP contribution in [0.2, 0.25) is 0 Å². The quantitative estimate of drug-likeness (QED) is 0.263. The van der Waals surface area contributed by atoms with Crippen LogP contribution in [0.4, 0.5) is 0 Å². The van der Waals surface area contributed by atoms with Gasteiger partial charge in [0.25, 0.3) is 0 Å². The molecule has 4 rings (SSSR count). The molecular formula is C22H33IN6O. The second-order valence-electron chi connectivity index (χ2n) is 7.94. The number of aliphatic imine (C=N–C) groups is 1. The third-order valence-electron chi connectivity index (χ3n) is 5.78. The Morgan fingerprint density at radius 3 is 3.00 bits per heavy atom. The summed E-state index contributed by atoms with van der Waals surface area (Å²) in [5.74, 6) is 2.78. The van der Waals surface area contributed by atoms with Gasteiger partial charge in [-0.3, -0.25) is 4.99 Å². The number of hydrogen-bond acceptors (Lipinski definition) is 4. The predicted octanol–water partition coefficient (Wildman–Crippen LogP) is 3.17. The molecule has 30 heavy (non-hydrogen) atoms. The zero-order valence-corrected chi connectivity index (χ0v) is 20.3. The van der Waals surface area contributed by atoms with E-state index in [0.717, 1.165) is 63.0 Å². The van der Waals surface area contributed by atoms with E-state index >= 15 is 0 Å². The van der Waals surface area contributed by atoms with Crippen LogP contribution in [-0.4, -0.2) is 47.0 Å². The smallest absolute Gasteiger partial charge is 0.191 e. The zero-order chi connectivity index (χ0) is 20.1. The molecular weight excluding hydrogens is 491 g/mol. The second-order valence-corrected chi connectivity index (χ2v) is 7.94. The summed E-state index contributed by atoms with van der Waals surface area (Å²) in [5, 5.41) is 11.4. The lowest BCUT2D eigenvalue weighted by atomic mass is 9.89. The fourth-order valence-corrected chi connectivity index (χ4v) is 4.33. The Morgan fingerprint density at radius 1 is 1.27 bits per heavy atom. The summed E-state index contributed by atoms with van der Waals surface area (Å²) in [6.45, 7) is 4.38. The van der Waals surface area contributed by atoms with Gasteiger partial charge < -0.3 is 15.4 Å². The number of benzene rings is 1. The maximum absolute atomic E-state index is 6.20. The Hall–Kier alpha value is -1.68. The van der Waals surface area contributed by atoms with E-state index in [2.05, 4.69) is 50.0 Å². The van der Waals surface area contributed by atoms with Gasteiger partial charge in [-0.2, -0.15) is 5.10 Å². The van der Waals surface area contributed by atoms with Gasteiger partial charge in [0, 0.05) is 32.7 Å². The summed E-state index contributed by atoms with van der Waals surface area (Å²) in [6.07, 6.45) is 6.71. The Labute approximate surface area is 196 Å². The first-order valence-electron chi connectivity index (χ1n) is 10.8. The molecule has 0 saturated carbocycles. The van der Waals surface area contributed by atoms with Crippen LogP contribution in [0.25, 0.3) is 0 Å². The molecule has 2 heterocycles. The van der Waals surface area contributed by atoms with E-state index in [-0.39, 0.29) is 30.1 Å². The minimum Gasteiger partial charge on any atom is -0.373 e. The highest BCUT2D eigenvalue weighted by Gasteiger charge is 2.22. The Bertz CT molecular complexity index is 852. The van der Waals surface area contributed by atoms with E-state index in [1.807, 2.05) is 18.7 Å². The minimum absolute atomic E-state index is 0. The first-order chi connectivity index (χ1) is 14.2. The highest BCUT2D eigenvalue weighted by atomic mass is 127. The van der Waals surface area contributed by atoms with Crippen molar-refractivity contribution in [2.24, 2.45) is 4.99 Å². The van der Waals surface area contributed by atoms with E-state index in [1.54, 1.807) is 0 Å². The van der Waals surface area contributed by atoms with Crippen molar-refractivity contribution in [2.75, 3.05) is 20.2 Å². The van der Waals surface area contributed by atoms with E-state index < -0.39 is 0 Å². The molecule has 0 spiro atoms. The number of nitrogens with zero attached hydrogens (tertiary/aromatic N) is 4. The third kappa shape index (κ3) is 5.72. The normalized spacial score (nSPS) is 20.7. The van der Waals surface area contributed by atoms with Gasteiger partial charge in [-0.05, 0) is 50.2 Å². The number of aryl methyl sites for hydroxylation is 3. The Kier molecular flexibility index (Phi) is 8.50. The van der Waals surface area contributed by atoms with Crippen LogP contribution >= 0.6 is 24.0 Å². The van der Waals surface area contributed by atoms with Crippen LogP contribution in [0.15, 0.2) is 29.3 Å². The maximum Gasteiger partial charge on any atom is 0.191 e. The van der Waals surface area contributed by atoms with Crippen LogP contribution in [0.5, 0.6) is 0 Å². The van der Waals surface area contributed by atoms with Gasteiger partial charge in [0.15, 0.2) is 5.96 Å². The highest BCUT2D eigenvalue weighted by Crippen LogP contribution is 2.32. The number of fused-ring (bicyclic) bond motifs is 2. The molecule has 1 aliphatic heterocycles. The van der Waals surface area contributed by atoms with Crippen LogP contribution in [0.3, 0.4) is 0 Å². The Morgan fingerprint density at radius 2 is 2.13 bits per heavy atom. The molecule has 2 aliphatic rings. The molecule has 2 aromatic rings. The number of halogens is 1. The fraction of sp³-hybridized carbons (Fsp3) is 0.591. The van der Waals surface area contributed by atoms with E-state index in [4.69, 9.17) is 4.74 Å². The highest BCUT2D eigenvalue weighted by molar-refractivity contribution is 14.0. The van der Waals surface area contributed by atoms with Crippen molar-refractivity contribution in [1.29, 1.82) is 0 Å². The van der Waals surface area contributed by atoms with Crippen LogP contribution in [0, 0.1) is 6.92 Å². The molecule has 2 unspecified atom stereocenters. The molecule has 0 amide bonds. The molecule has 2 N–H and O–H groups in total. The summed E-state index contributed by atoms with van der Waals surface area (Å²) < 4.78 is 8.21. The lowest BCUT2D eigenvalue weighted by Crippen LogP contribution is -2.47. The molecule has 0 bridgehead atoms. The van der Waals surface area contributed by atoms with E-state index in [1.165, 1.54) is 24.0 Å². The summed E-state index contributed by atoms with van der Waals surface area (Å²) >= 11 is 0. The van der Waals surface area contributed by atoms with E-state index in [0.29, 0.717) is 6.04 Å². The molecule has 7 nitrogen and oxygen atoms in total. The molecule has 0 radical (unpaired) electrons. The summed E-state index contributed by atoms with van der Waals surface area (Å²) in [6, 6.07) is 9.02. The number of aromatic nitrogens is 3. The lowest BCUT2D eigenvalue weighted by Gasteiger charge is -2.26. The lowest BCUT2D eigenvalue weighted by molar-refractivity contribution is 0.0398. The van der Waals surface area contributed by atoms with Gasteiger partial charge in [-0.1, -0.05) is 24.3 Å². The molecule has 1 aromatic carbocycles. The molecule has 1 aromatic heterocycles. The van der Waals surface area contributed by atoms with Crippen molar-refractivity contribution in [2.45, 2.75) is 64.1 Å². The molecule has 0 saturated heterocycles. The van der Waals surface area contributed by atoms with Crippen LogP contribution in [0.1, 0.15) is 54.6 Å². The van der Waals surface area contributed by atoms with Gasteiger partial charge in [-0.15, -0.1) is 24.0 Å². The number of nitrogens with one attached hydrogen (secondary N) is 2. The Balaban J connectivity index is 0.00000256. The zero-order valence-electron chi connectivity index (χ0n) is 17.9.